The van der Waals surface area contributed by atoms with Crippen LogP contribution in [0.3, 0.4) is 0 Å². The standard InChI is InChI=1S/C46H64O15/c1-21(2)16-29-22(3)34-32(58-42(29)55)18-31-28-11-8-25-17-27(12-14-45(25,5)30(28)13-15-46(31,34)20-48)57-44-40(36(51)35(50)33(19-47)59-44)61-43-38(53)37(52)39(23(4)56-43)60-41(54)24-6-9-26(49)10-7-24/h6-10,16,20,22-23,27-40,42-44,47,49-53,55H,11-15,17-19H2,1-5H3/t22-,23+,27+,28-,29-,30+,31+,32+,33-,34+,35-,36+,37+,38-,39+,40-,42-,43+,44-,45+,46-/m1/s1. The van der Waals surface area contributed by atoms with Crippen LogP contribution in [-0.2, 0) is 33.2 Å². The van der Waals surface area contributed by atoms with Gasteiger partial charge in [-0.15, -0.1) is 0 Å². The Morgan fingerprint density at radius 3 is 2.30 bits per heavy atom. The Balaban J connectivity index is 0.957. The molecule has 15 heteroatoms. The summed E-state index contributed by atoms with van der Waals surface area (Å²) < 4.78 is 36.4. The molecule has 6 fully saturated rings. The number of carbonyl (C=O) groups excluding carboxylic acids is 2. The monoisotopic (exact) mass is 856 g/mol. The van der Waals surface area contributed by atoms with Crippen molar-refractivity contribution in [3.63, 3.8) is 0 Å². The van der Waals surface area contributed by atoms with E-state index in [9.17, 15) is 45.3 Å². The van der Waals surface area contributed by atoms with Crippen molar-refractivity contribution >= 4 is 12.3 Å². The van der Waals surface area contributed by atoms with Crippen molar-refractivity contribution in [2.24, 2.45) is 46.3 Å². The number of fused-ring (bicyclic) bond motifs is 7. The third kappa shape index (κ3) is 7.83. The van der Waals surface area contributed by atoms with Crippen molar-refractivity contribution in [3.8, 4) is 5.75 Å². The molecule has 7 aliphatic rings. The molecule has 8 rings (SSSR count). The van der Waals surface area contributed by atoms with E-state index >= 15 is 0 Å². The lowest BCUT2D eigenvalue weighted by Gasteiger charge is -2.58. The molecule has 0 amide bonds. The van der Waals surface area contributed by atoms with Crippen molar-refractivity contribution in [1.82, 2.24) is 0 Å². The number of aliphatic hydroxyl groups is 6. The molecule has 4 aliphatic carbocycles. The number of benzene rings is 1. The molecule has 15 nitrogen and oxygen atoms in total. The van der Waals surface area contributed by atoms with Crippen molar-refractivity contribution < 1.29 is 73.8 Å². The average Bonchev–Trinajstić information content (AvgIpc) is 3.57. The third-order valence-electron chi connectivity index (χ3n) is 15.9. The van der Waals surface area contributed by atoms with Crippen LogP contribution in [0.25, 0.3) is 0 Å². The summed E-state index contributed by atoms with van der Waals surface area (Å²) in [6.45, 7) is 9.45. The minimum atomic E-state index is -1.76. The van der Waals surface area contributed by atoms with Crippen LogP contribution in [0.5, 0.6) is 5.75 Å². The van der Waals surface area contributed by atoms with E-state index in [4.69, 9.17) is 28.4 Å². The van der Waals surface area contributed by atoms with Gasteiger partial charge in [0, 0.05) is 17.3 Å². The van der Waals surface area contributed by atoms with E-state index in [-0.39, 0.29) is 52.4 Å². The second-order valence-electron chi connectivity index (χ2n) is 19.5. The normalized spacial score (nSPS) is 48.0. The van der Waals surface area contributed by atoms with E-state index < -0.39 is 91.8 Å². The van der Waals surface area contributed by atoms with E-state index in [0.29, 0.717) is 18.8 Å². The molecule has 3 heterocycles. The molecule has 61 heavy (non-hydrogen) atoms. The first-order valence-corrected chi connectivity index (χ1v) is 22.1. The van der Waals surface area contributed by atoms with E-state index in [1.54, 1.807) is 0 Å². The molecule has 338 valence electrons. The molecule has 1 aromatic carbocycles. The van der Waals surface area contributed by atoms with Crippen LogP contribution in [0.4, 0.5) is 0 Å². The highest BCUT2D eigenvalue weighted by molar-refractivity contribution is 5.89. The molecule has 0 unspecified atom stereocenters. The summed E-state index contributed by atoms with van der Waals surface area (Å²) in [5, 5.41) is 75.2. The molecule has 3 aliphatic heterocycles. The van der Waals surface area contributed by atoms with Gasteiger partial charge in [-0.05, 0) is 119 Å². The fourth-order valence-corrected chi connectivity index (χ4v) is 12.8. The Labute approximate surface area is 356 Å². The minimum Gasteiger partial charge on any atom is -0.508 e. The average molecular weight is 857 g/mol. The highest BCUT2D eigenvalue weighted by Gasteiger charge is 2.66. The topological polar surface area (TPSA) is 231 Å². The number of allylic oxidation sites excluding steroid dienone is 2. The largest absolute Gasteiger partial charge is 0.508 e. The Hall–Kier alpha value is -2.80. The quantitative estimate of drug-likeness (QED) is 0.108. The minimum absolute atomic E-state index is 0.0340. The van der Waals surface area contributed by atoms with E-state index in [2.05, 4.69) is 26.0 Å². The lowest BCUT2D eigenvalue weighted by Crippen LogP contribution is -2.64. The van der Waals surface area contributed by atoms with Crippen molar-refractivity contribution in [1.29, 1.82) is 0 Å². The van der Waals surface area contributed by atoms with Crippen molar-refractivity contribution in [2.45, 2.75) is 159 Å². The van der Waals surface area contributed by atoms with Gasteiger partial charge >= 0.3 is 5.97 Å². The molecule has 3 saturated carbocycles. The van der Waals surface area contributed by atoms with Gasteiger partial charge in [0.25, 0.3) is 0 Å². The van der Waals surface area contributed by atoms with Gasteiger partial charge in [-0.3, -0.25) is 0 Å². The van der Waals surface area contributed by atoms with Gasteiger partial charge in [0.05, 0.1) is 30.5 Å². The highest BCUT2D eigenvalue weighted by Crippen LogP contribution is 2.68. The maximum atomic E-state index is 13.3. The molecule has 21 atom stereocenters. The second-order valence-corrected chi connectivity index (χ2v) is 19.5. The Morgan fingerprint density at radius 1 is 0.885 bits per heavy atom. The van der Waals surface area contributed by atoms with Crippen molar-refractivity contribution in [2.75, 3.05) is 6.61 Å². The van der Waals surface area contributed by atoms with Gasteiger partial charge in [-0.2, -0.15) is 0 Å². The fraction of sp³-hybridized carbons (Fsp3) is 0.739. The molecule has 0 radical (unpaired) electrons. The zero-order valence-corrected chi connectivity index (χ0v) is 35.6. The summed E-state index contributed by atoms with van der Waals surface area (Å²) in [5.74, 6) is -0.149. The number of rotatable bonds is 9. The smallest absolute Gasteiger partial charge is 0.338 e. The zero-order chi connectivity index (χ0) is 43.7. The molecule has 0 spiro atoms. The predicted octanol–water partition coefficient (Wildman–Crippen LogP) is 2.90. The Kier molecular flexibility index (Phi) is 12.7. The number of aldehydes is 1. The molecule has 7 N–H and O–H groups in total. The first-order valence-electron chi connectivity index (χ1n) is 22.1. The molecule has 1 aromatic rings. The zero-order valence-electron chi connectivity index (χ0n) is 35.6. The molecular weight excluding hydrogens is 792 g/mol. The van der Waals surface area contributed by atoms with Gasteiger partial charge in [-0.1, -0.05) is 37.1 Å². The van der Waals surface area contributed by atoms with E-state index in [0.717, 1.165) is 37.7 Å². The van der Waals surface area contributed by atoms with E-state index in [1.807, 2.05) is 13.8 Å². The molecule has 0 bridgehead atoms. The van der Waals surface area contributed by atoms with Crippen LogP contribution >= 0.6 is 0 Å². The molecule has 3 saturated heterocycles. The summed E-state index contributed by atoms with van der Waals surface area (Å²) in [4.78, 5) is 26.2. The summed E-state index contributed by atoms with van der Waals surface area (Å²) in [6, 6.07) is 5.33. The van der Waals surface area contributed by atoms with Gasteiger partial charge in [0.1, 0.15) is 48.7 Å². The van der Waals surface area contributed by atoms with Gasteiger partial charge in [-0.25, -0.2) is 4.79 Å². The summed E-state index contributed by atoms with van der Waals surface area (Å²) in [5.41, 5.74) is 1.82. The predicted molar refractivity (Wildman–Crippen MR) is 215 cm³/mol. The number of aliphatic hydroxyl groups excluding tert-OH is 6. The number of carbonyl (C=O) groups is 2. The Bertz CT molecular complexity index is 1820. The first kappa shape index (κ1) is 44.8. The molecular formula is C46H64O15. The number of hydrogen-bond donors (Lipinski definition) is 7. The number of hydrogen-bond acceptors (Lipinski definition) is 15. The summed E-state index contributed by atoms with van der Waals surface area (Å²) in [6.07, 6.45) is -5.06. The Morgan fingerprint density at radius 2 is 1.61 bits per heavy atom. The van der Waals surface area contributed by atoms with Gasteiger partial charge < -0.3 is 69.0 Å². The number of phenols is 1. The third-order valence-corrected chi connectivity index (χ3v) is 15.9. The van der Waals surface area contributed by atoms with Crippen molar-refractivity contribution in [3.05, 3.63) is 53.1 Å². The number of esters is 1. The lowest BCUT2D eigenvalue weighted by molar-refractivity contribution is -0.369. The maximum Gasteiger partial charge on any atom is 0.338 e. The van der Waals surface area contributed by atoms with Gasteiger partial charge in [0.15, 0.2) is 25.0 Å². The fourth-order valence-electron chi connectivity index (χ4n) is 12.8. The number of phenolic OH excluding ortho intramolecular Hbond substituents is 1. The highest BCUT2D eigenvalue weighted by atomic mass is 16.8. The van der Waals surface area contributed by atoms with Crippen LogP contribution in [0.1, 0.15) is 89.9 Å². The second kappa shape index (κ2) is 17.3. The van der Waals surface area contributed by atoms with Crippen LogP contribution < -0.4 is 0 Å². The summed E-state index contributed by atoms with van der Waals surface area (Å²) >= 11 is 0. The lowest BCUT2D eigenvalue weighted by atomic mass is 9.46. The van der Waals surface area contributed by atoms with E-state index in [1.165, 1.54) is 43.0 Å². The van der Waals surface area contributed by atoms with Gasteiger partial charge in [0.2, 0.25) is 0 Å². The summed E-state index contributed by atoms with van der Waals surface area (Å²) in [7, 11) is 0. The van der Waals surface area contributed by atoms with Crippen LogP contribution in [-0.4, -0.2) is 135 Å². The van der Waals surface area contributed by atoms with Crippen LogP contribution in [0.2, 0.25) is 0 Å². The number of aromatic hydroxyl groups is 1. The van der Waals surface area contributed by atoms with Crippen LogP contribution in [0.15, 0.2) is 47.6 Å². The number of ether oxygens (including phenoxy) is 6. The molecule has 0 aromatic heterocycles. The van der Waals surface area contributed by atoms with Crippen LogP contribution in [0, 0.1) is 46.3 Å². The SMILES string of the molecule is CC(C)=C[C@@H]1[C@@H](C)[C@H]2[C@H](C[C@H]3[C@@H]4CC=C5C[C@@H](O[C@@H]6O[C@H](CO)[C@@H](O)[C@H](O)[C@H]6O[C@@H]6O[C@@H](C)[C@H](OC(=O)c7ccc(O)cc7)[C@@H](O)[C@H]6O)CC[C@]5(C)[C@H]4CC[C@]23C=O)O[C@H]1O. The maximum absolute atomic E-state index is 13.3. The first-order chi connectivity index (χ1) is 29.0.